The Morgan fingerprint density at radius 3 is 2.69 bits per heavy atom. The summed E-state index contributed by atoms with van der Waals surface area (Å²) in [6.45, 7) is 3.47. The molecule has 0 radical (unpaired) electrons. The molecule has 3 heterocycles. The van der Waals surface area contributed by atoms with Crippen molar-refractivity contribution in [3.63, 3.8) is 0 Å². The molecule has 0 spiro atoms. The molecule has 1 aliphatic heterocycles. The van der Waals surface area contributed by atoms with Crippen molar-refractivity contribution in [2.45, 2.75) is 6.54 Å². The third-order valence-electron chi connectivity index (χ3n) is 5.45. The highest BCUT2D eigenvalue weighted by molar-refractivity contribution is 6.01. The van der Waals surface area contributed by atoms with Crippen molar-refractivity contribution < 1.29 is 28.3 Å². The summed E-state index contributed by atoms with van der Waals surface area (Å²) < 4.78 is 21.2. The molecule has 1 saturated heterocycles. The fraction of sp³-hybridized carbons (Fsp3) is 0.348. The lowest BCUT2D eigenvalue weighted by Gasteiger charge is -2.24. The molecule has 190 valence electrons. The molecule has 0 aliphatic carbocycles. The molecule has 13 nitrogen and oxygen atoms in total. The first kappa shape index (κ1) is 24.9. The largest absolute Gasteiger partial charge is 0.494 e. The summed E-state index contributed by atoms with van der Waals surface area (Å²) in [5, 5.41) is 12.4. The molecule has 4 rings (SSSR count). The van der Waals surface area contributed by atoms with Gasteiger partial charge in [0.25, 0.3) is 5.91 Å². The van der Waals surface area contributed by atoms with Gasteiger partial charge >= 0.3 is 6.09 Å². The third-order valence-corrected chi connectivity index (χ3v) is 5.45. The topological polar surface area (TPSA) is 153 Å². The van der Waals surface area contributed by atoms with Crippen LogP contribution in [0, 0.1) is 0 Å². The summed E-state index contributed by atoms with van der Waals surface area (Å²) in [5.41, 5.74) is 1.78. The van der Waals surface area contributed by atoms with Crippen molar-refractivity contribution in [1.82, 2.24) is 25.3 Å². The monoisotopic (exact) mass is 497 g/mol. The van der Waals surface area contributed by atoms with Crippen molar-refractivity contribution in [3.05, 3.63) is 41.9 Å². The highest BCUT2D eigenvalue weighted by Crippen LogP contribution is 2.37. The van der Waals surface area contributed by atoms with Crippen LogP contribution in [0.3, 0.4) is 0 Å². The Morgan fingerprint density at radius 1 is 1.17 bits per heavy atom. The maximum Gasteiger partial charge on any atom is 0.412 e. The van der Waals surface area contributed by atoms with Crippen LogP contribution in [0.5, 0.6) is 5.75 Å². The molecule has 0 saturated carbocycles. The molecule has 2 aromatic heterocycles. The number of anilines is 3. The van der Waals surface area contributed by atoms with Crippen LogP contribution in [0.15, 0.2) is 35.0 Å². The fourth-order valence-electron chi connectivity index (χ4n) is 3.65. The molecule has 3 aromatic rings. The van der Waals surface area contributed by atoms with Gasteiger partial charge in [0, 0.05) is 32.4 Å². The van der Waals surface area contributed by atoms with Gasteiger partial charge in [-0.05, 0) is 12.1 Å². The third kappa shape index (κ3) is 5.70. The quantitative estimate of drug-likeness (QED) is 0.420. The van der Waals surface area contributed by atoms with E-state index in [9.17, 15) is 9.59 Å². The van der Waals surface area contributed by atoms with Gasteiger partial charge in [-0.1, -0.05) is 11.2 Å². The average molecular weight is 498 g/mol. The summed E-state index contributed by atoms with van der Waals surface area (Å²) in [6, 6.07) is 6.90. The minimum Gasteiger partial charge on any atom is -0.494 e. The lowest BCUT2D eigenvalue weighted by molar-refractivity contribution is 0.0297. The standard InChI is InChI=1S/C23H27N7O6/c1-24-22(31)15-12-25-18(27-23(32)34-3)11-17(15)26-16-6-4-5-14(20(16)33-2)21-28-19(36-29-21)13-30-7-9-35-10-8-30/h4-6,11-12H,7-10,13H2,1-3H3,(H,24,31)(H2,25,26,27,32). The first-order valence-electron chi connectivity index (χ1n) is 11.2. The van der Waals surface area contributed by atoms with Crippen molar-refractivity contribution in [3.8, 4) is 17.1 Å². The van der Waals surface area contributed by atoms with E-state index in [1.807, 2.05) is 6.07 Å². The van der Waals surface area contributed by atoms with Crippen molar-refractivity contribution in [2.24, 2.45) is 0 Å². The number of carbonyl (C=O) groups excluding carboxylic acids is 2. The van der Waals surface area contributed by atoms with Gasteiger partial charge in [0.1, 0.15) is 5.82 Å². The predicted octanol–water partition coefficient (Wildman–Crippen LogP) is 2.25. The van der Waals surface area contributed by atoms with Crippen LogP contribution in [0.4, 0.5) is 22.0 Å². The van der Waals surface area contributed by atoms with E-state index >= 15 is 0 Å². The number of methoxy groups -OCH3 is 2. The van der Waals surface area contributed by atoms with Gasteiger partial charge in [-0.25, -0.2) is 9.78 Å². The first-order chi connectivity index (χ1) is 17.5. The van der Waals surface area contributed by atoms with E-state index < -0.39 is 6.09 Å². The van der Waals surface area contributed by atoms with Gasteiger partial charge in [0.05, 0.1) is 56.5 Å². The number of nitrogens with zero attached hydrogens (tertiary/aromatic N) is 4. The molecule has 13 heteroatoms. The van der Waals surface area contributed by atoms with Crippen LogP contribution < -0.4 is 20.7 Å². The summed E-state index contributed by atoms with van der Waals surface area (Å²) in [7, 11) is 4.28. The Bertz CT molecular complexity index is 1230. The van der Waals surface area contributed by atoms with Crippen molar-refractivity contribution >= 4 is 29.2 Å². The Labute approximate surface area is 207 Å². The van der Waals surface area contributed by atoms with Crippen molar-refractivity contribution in [2.75, 3.05) is 58.2 Å². The molecule has 1 aliphatic rings. The minimum atomic E-state index is -0.689. The fourth-order valence-corrected chi connectivity index (χ4v) is 3.65. The maximum absolute atomic E-state index is 12.4. The highest BCUT2D eigenvalue weighted by Gasteiger charge is 2.21. The van der Waals surface area contributed by atoms with E-state index in [-0.39, 0.29) is 17.3 Å². The predicted molar refractivity (Wildman–Crippen MR) is 129 cm³/mol. The smallest absolute Gasteiger partial charge is 0.412 e. The number of nitrogens with one attached hydrogen (secondary N) is 3. The molecule has 2 amide bonds. The molecular weight excluding hydrogens is 470 g/mol. The van der Waals surface area contributed by atoms with Crippen LogP contribution in [0.2, 0.25) is 0 Å². The van der Waals surface area contributed by atoms with Gasteiger partial charge in [0.15, 0.2) is 5.75 Å². The second-order valence-electron chi connectivity index (χ2n) is 7.72. The van der Waals surface area contributed by atoms with E-state index in [1.165, 1.54) is 33.5 Å². The molecule has 36 heavy (non-hydrogen) atoms. The number of amides is 2. The number of hydrogen-bond acceptors (Lipinski definition) is 11. The zero-order valence-electron chi connectivity index (χ0n) is 20.2. The Balaban J connectivity index is 1.63. The number of benzene rings is 1. The zero-order valence-corrected chi connectivity index (χ0v) is 20.2. The second kappa shape index (κ2) is 11.5. The van der Waals surface area contributed by atoms with E-state index in [4.69, 9.17) is 14.0 Å². The summed E-state index contributed by atoms with van der Waals surface area (Å²) in [5.74, 6) is 1.13. The highest BCUT2D eigenvalue weighted by atomic mass is 16.5. The Hall–Kier alpha value is -4.23. The molecule has 1 fully saturated rings. The summed E-state index contributed by atoms with van der Waals surface area (Å²) >= 11 is 0. The van der Waals surface area contributed by atoms with Crippen LogP contribution in [0.25, 0.3) is 11.4 Å². The number of carbonyl (C=O) groups is 2. The Morgan fingerprint density at radius 2 is 1.97 bits per heavy atom. The number of morpholine rings is 1. The lowest BCUT2D eigenvalue weighted by Crippen LogP contribution is -2.35. The SMILES string of the molecule is CNC(=O)c1cnc(NC(=O)OC)cc1Nc1cccc(-c2noc(CN3CCOCC3)n2)c1OC. The number of rotatable bonds is 8. The van der Waals surface area contributed by atoms with Gasteiger partial charge in [-0.3, -0.25) is 15.0 Å². The van der Waals surface area contributed by atoms with Crippen LogP contribution >= 0.6 is 0 Å². The minimum absolute atomic E-state index is 0.193. The summed E-state index contributed by atoms with van der Waals surface area (Å²) in [4.78, 5) is 34.9. The molecule has 0 bridgehead atoms. The van der Waals surface area contributed by atoms with Crippen LogP contribution in [-0.4, -0.2) is 79.6 Å². The number of aromatic nitrogens is 3. The summed E-state index contributed by atoms with van der Waals surface area (Å²) in [6.07, 6.45) is 0.658. The van der Waals surface area contributed by atoms with E-state index in [2.05, 4.69) is 40.7 Å². The van der Waals surface area contributed by atoms with Gasteiger partial charge in [0.2, 0.25) is 11.7 Å². The number of pyridine rings is 1. The van der Waals surface area contributed by atoms with Crippen LogP contribution in [-0.2, 0) is 16.0 Å². The Kier molecular flexibility index (Phi) is 7.92. The number of ether oxygens (including phenoxy) is 3. The first-order valence-corrected chi connectivity index (χ1v) is 11.2. The zero-order chi connectivity index (χ0) is 25.5. The molecule has 1 aromatic carbocycles. The normalized spacial score (nSPS) is 13.6. The van der Waals surface area contributed by atoms with E-state index in [0.29, 0.717) is 54.2 Å². The lowest BCUT2D eigenvalue weighted by atomic mass is 10.1. The molecule has 3 N–H and O–H groups in total. The number of hydrogen-bond donors (Lipinski definition) is 3. The second-order valence-corrected chi connectivity index (χ2v) is 7.72. The molecule has 0 atom stereocenters. The number of para-hydroxylation sites is 1. The maximum atomic E-state index is 12.4. The van der Waals surface area contributed by atoms with E-state index in [0.717, 1.165) is 13.1 Å². The van der Waals surface area contributed by atoms with Gasteiger partial charge in [-0.2, -0.15) is 4.98 Å². The molecular formula is C23H27N7O6. The van der Waals surface area contributed by atoms with Gasteiger partial charge < -0.3 is 29.4 Å². The van der Waals surface area contributed by atoms with Crippen molar-refractivity contribution in [1.29, 1.82) is 0 Å². The average Bonchev–Trinajstić information content (AvgIpc) is 3.37. The molecule has 0 unspecified atom stereocenters. The van der Waals surface area contributed by atoms with Crippen LogP contribution in [0.1, 0.15) is 16.2 Å². The van der Waals surface area contributed by atoms with Gasteiger partial charge in [-0.15, -0.1) is 0 Å². The van der Waals surface area contributed by atoms with E-state index in [1.54, 1.807) is 12.1 Å².